The number of fused-ring (bicyclic) bond motifs is 6. The molecule has 0 N–H and O–H groups in total. The molecule has 3 heterocycles. The maximum atomic E-state index is 6.59. The van der Waals surface area contributed by atoms with Gasteiger partial charge in [0.25, 0.3) is 0 Å². The quantitative estimate of drug-likeness (QED) is 0.168. The summed E-state index contributed by atoms with van der Waals surface area (Å²) < 4.78 is 7.70. The van der Waals surface area contributed by atoms with Crippen molar-refractivity contribution in [3.8, 4) is 67.0 Å². The molecular formula is C54H32N4OS. The summed E-state index contributed by atoms with van der Waals surface area (Å²) in [6.07, 6.45) is 0. The summed E-state index contributed by atoms with van der Waals surface area (Å²) in [5, 5.41) is 7.65. The van der Waals surface area contributed by atoms with Crippen molar-refractivity contribution in [3.63, 3.8) is 0 Å². The predicted molar refractivity (Wildman–Crippen MR) is 248 cm³/mol. The Labute approximate surface area is 348 Å². The molecule has 0 atom stereocenters. The van der Waals surface area contributed by atoms with Crippen LogP contribution in [-0.4, -0.2) is 19.9 Å². The highest BCUT2D eigenvalue weighted by atomic mass is 32.1. The number of rotatable bonds is 6. The Morgan fingerprint density at radius 1 is 0.367 bits per heavy atom. The Hall–Kier alpha value is -7.80. The molecule has 0 aliphatic carbocycles. The second-order valence-corrected chi connectivity index (χ2v) is 16.0. The average Bonchev–Trinajstić information content (AvgIpc) is 3.92. The van der Waals surface area contributed by atoms with Crippen LogP contribution < -0.4 is 0 Å². The normalized spacial score (nSPS) is 11.7. The van der Waals surface area contributed by atoms with Gasteiger partial charge in [-0.25, -0.2) is 19.9 Å². The van der Waals surface area contributed by atoms with Gasteiger partial charge in [-0.3, -0.25) is 0 Å². The Balaban J connectivity index is 1.08. The molecule has 0 amide bonds. The van der Waals surface area contributed by atoms with Crippen molar-refractivity contribution in [1.29, 1.82) is 0 Å². The zero-order chi connectivity index (χ0) is 39.6. The van der Waals surface area contributed by atoms with Crippen LogP contribution >= 0.6 is 11.3 Å². The van der Waals surface area contributed by atoms with Crippen molar-refractivity contribution in [2.24, 2.45) is 0 Å². The Bertz CT molecular complexity index is 3610. The predicted octanol–water partition coefficient (Wildman–Crippen LogP) is 14.7. The van der Waals surface area contributed by atoms with Crippen molar-refractivity contribution in [2.45, 2.75) is 0 Å². The lowest BCUT2D eigenvalue weighted by Gasteiger charge is -2.14. The van der Waals surface area contributed by atoms with Crippen LogP contribution in [0.2, 0.25) is 0 Å². The molecule has 0 fully saturated rings. The van der Waals surface area contributed by atoms with Gasteiger partial charge >= 0.3 is 0 Å². The van der Waals surface area contributed by atoms with Gasteiger partial charge in [-0.05, 0) is 56.4 Å². The van der Waals surface area contributed by atoms with Crippen LogP contribution in [0.15, 0.2) is 199 Å². The van der Waals surface area contributed by atoms with E-state index in [9.17, 15) is 0 Å². The Morgan fingerprint density at radius 3 is 1.82 bits per heavy atom. The molecule has 0 saturated heterocycles. The topological polar surface area (TPSA) is 64.7 Å². The van der Waals surface area contributed by atoms with E-state index in [4.69, 9.17) is 24.4 Å². The van der Waals surface area contributed by atoms with Gasteiger partial charge in [-0.15, -0.1) is 11.3 Å². The molecule has 3 aromatic heterocycles. The fraction of sp³-hybridized carbons (Fsp3) is 0. The van der Waals surface area contributed by atoms with Crippen LogP contribution in [0.3, 0.4) is 0 Å². The molecule has 0 spiro atoms. The van der Waals surface area contributed by atoms with E-state index in [1.807, 2.05) is 48.5 Å². The van der Waals surface area contributed by atoms with Crippen molar-refractivity contribution in [3.05, 3.63) is 194 Å². The third-order valence-corrected chi connectivity index (χ3v) is 12.5. The average molecular weight is 785 g/mol. The van der Waals surface area contributed by atoms with Gasteiger partial charge in [0, 0.05) is 44.7 Å². The molecule has 0 bridgehead atoms. The smallest absolute Gasteiger partial charge is 0.164 e. The fourth-order valence-electron chi connectivity index (χ4n) is 8.51. The third-order valence-electron chi connectivity index (χ3n) is 11.3. The number of furan rings is 1. The first-order valence-electron chi connectivity index (χ1n) is 20.0. The monoisotopic (exact) mass is 784 g/mol. The van der Waals surface area contributed by atoms with E-state index in [0.717, 1.165) is 92.4 Å². The standard InChI is InChI=1S/C54H32N4OS/c1-3-14-33(15-4-1)37-20-11-21-38(30-37)52-56-51(35-17-5-2-6-18-35)57-53(58-52)43-26-13-23-40-41(43)24-12-25-42(40)49-48-44-22-9-10-27-46(44)59-47(48)32-45-50(49)60-54(55-45)39-29-28-34-16-7-8-19-36(34)31-39/h1-32H. The zero-order valence-electron chi connectivity index (χ0n) is 32.1. The van der Waals surface area contributed by atoms with E-state index >= 15 is 0 Å². The third kappa shape index (κ3) is 5.76. The van der Waals surface area contributed by atoms with Crippen LogP contribution in [0.25, 0.3) is 121 Å². The van der Waals surface area contributed by atoms with E-state index in [1.54, 1.807) is 11.3 Å². The van der Waals surface area contributed by atoms with Crippen molar-refractivity contribution in [1.82, 2.24) is 19.9 Å². The van der Waals surface area contributed by atoms with Gasteiger partial charge in [-0.1, -0.05) is 170 Å². The van der Waals surface area contributed by atoms with E-state index in [-0.39, 0.29) is 0 Å². The minimum Gasteiger partial charge on any atom is -0.456 e. The van der Waals surface area contributed by atoms with Gasteiger partial charge in [0.1, 0.15) is 16.2 Å². The maximum absolute atomic E-state index is 6.59. The van der Waals surface area contributed by atoms with Crippen LogP contribution in [0, 0.1) is 0 Å². The van der Waals surface area contributed by atoms with Crippen molar-refractivity contribution in [2.75, 3.05) is 0 Å². The molecule has 12 aromatic rings. The van der Waals surface area contributed by atoms with Gasteiger partial charge in [-0.2, -0.15) is 0 Å². The second-order valence-electron chi connectivity index (χ2n) is 15.0. The summed E-state index contributed by atoms with van der Waals surface area (Å²) in [6, 6.07) is 67.4. The molecule has 280 valence electrons. The number of para-hydroxylation sites is 1. The molecule has 12 rings (SSSR count). The largest absolute Gasteiger partial charge is 0.456 e. The Morgan fingerprint density at radius 2 is 0.983 bits per heavy atom. The number of nitrogens with zero attached hydrogens (tertiary/aromatic N) is 4. The minimum atomic E-state index is 0.611. The lowest BCUT2D eigenvalue weighted by Crippen LogP contribution is -2.00. The SMILES string of the molecule is c1ccc(-c2cccc(-c3nc(-c4ccccc4)nc(-c4cccc5c(-c6c7sc(-c8ccc9ccccc9c8)nc7cc7oc8ccccc8c67)cccc45)n3)c2)cc1. The first-order valence-corrected chi connectivity index (χ1v) is 20.8. The van der Waals surface area contributed by atoms with Crippen molar-refractivity contribution >= 4 is 65.0 Å². The molecule has 60 heavy (non-hydrogen) atoms. The summed E-state index contributed by atoms with van der Waals surface area (Å²) in [5.74, 6) is 1.85. The summed E-state index contributed by atoms with van der Waals surface area (Å²) in [4.78, 5) is 20.8. The minimum absolute atomic E-state index is 0.611. The molecule has 0 saturated carbocycles. The van der Waals surface area contributed by atoms with Gasteiger partial charge in [0.05, 0.1) is 10.2 Å². The van der Waals surface area contributed by atoms with Crippen LogP contribution in [0.5, 0.6) is 0 Å². The van der Waals surface area contributed by atoms with E-state index in [2.05, 4.69) is 146 Å². The highest BCUT2D eigenvalue weighted by molar-refractivity contribution is 7.22. The van der Waals surface area contributed by atoms with Crippen LogP contribution in [0.1, 0.15) is 0 Å². The van der Waals surface area contributed by atoms with E-state index in [1.165, 1.54) is 10.8 Å². The van der Waals surface area contributed by atoms with E-state index < -0.39 is 0 Å². The number of hydrogen-bond donors (Lipinski definition) is 0. The lowest BCUT2D eigenvalue weighted by atomic mass is 9.92. The van der Waals surface area contributed by atoms with E-state index in [0.29, 0.717) is 17.5 Å². The van der Waals surface area contributed by atoms with Crippen LogP contribution in [0.4, 0.5) is 0 Å². The summed E-state index contributed by atoms with van der Waals surface area (Å²) in [5.41, 5.74) is 10.9. The summed E-state index contributed by atoms with van der Waals surface area (Å²) in [6.45, 7) is 0. The molecule has 0 aliphatic rings. The number of benzene rings is 9. The number of thiazole rings is 1. The van der Waals surface area contributed by atoms with Crippen LogP contribution in [-0.2, 0) is 0 Å². The molecule has 0 radical (unpaired) electrons. The van der Waals surface area contributed by atoms with Gasteiger partial charge < -0.3 is 4.42 Å². The first-order chi connectivity index (χ1) is 29.7. The molecule has 5 nitrogen and oxygen atoms in total. The second kappa shape index (κ2) is 13.9. The highest BCUT2D eigenvalue weighted by Crippen LogP contribution is 2.47. The summed E-state index contributed by atoms with van der Waals surface area (Å²) in [7, 11) is 0. The molecule has 0 aliphatic heterocycles. The van der Waals surface area contributed by atoms with Crippen molar-refractivity contribution < 1.29 is 4.42 Å². The van der Waals surface area contributed by atoms with Gasteiger partial charge in [0.2, 0.25) is 0 Å². The molecule has 6 heteroatoms. The number of aromatic nitrogens is 4. The molecular weight excluding hydrogens is 753 g/mol. The molecule has 0 unspecified atom stereocenters. The lowest BCUT2D eigenvalue weighted by molar-refractivity contribution is 0.669. The Kier molecular flexibility index (Phi) is 7.96. The highest BCUT2D eigenvalue weighted by Gasteiger charge is 2.23. The zero-order valence-corrected chi connectivity index (χ0v) is 32.9. The van der Waals surface area contributed by atoms with Gasteiger partial charge in [0.15, 0.2) is 17.5 Å². The summed E-state index contributed by atoms with van der Waals surface area (Å²) >= 11 is 1.73. The molecule has 9 aromatic carbocycles. The number of hydrogen-bond acceptors (Lipinski definition) is 6. The fourth-order valence-corrected chi connectivity index (χ4v) is 9.61. The maximum Gasteiger partial charge on any atom is 0.164 e. The first kappa shape index (κ1) is 34.3.